The van der Waals surface area contributed by atoms with Gasteiger partial charge in [0.25, 0.3) is 0 Å². The number of nitrogens with zero attached hydrogens (tertiary/aromatic N) is 1. The van der Waals surface area contributed by atoms with E-state index in [9.17, 15) is 9.59 Å². The molecule has 0 saturated carbocycles. The van der Waals surface area contributed by atoms with Crippen LogP contribution in [0.2, 0.25) is 0 Å². The Morgan fingerprint density at radius 1 is 1.04 bits per heavy atom. The normalized spacial score (nSPS) is 13.7. The molecule has 0 fully saturated rings. The molecule has 2 rings (SSSR count). The Morgan fingerprint density at radius 3 is 2.29 bits per heavy atom. The van der Waals surface area contributed by atoms with Gasteiger partial charge in [0.1, 0.15) is 5.70 Å². The fraction of sp³-hybridized carbons (Fsp3) is 0.222. The van der Waals surface area contributed by atoms with Gasteiger partial charge < -0.3 is 14.4 Å². The maximum absolute atomic E-state index is 12.3. The van der Waals surface area contributed by atoms with Gasteiger partial charge in [0.15, 0.2) is 0 Å². The second-order valence-corrected chi connectivity index (χ2v) is 6.08. The molecule has 0 saturated heterocycles. The lowest BCUT2D eigenvalue weighted by Gasteiger charge is -2.23. The van der Waals surface area contributed by atoms with E-state index in [-0.39, 0.29) is 11.3 Å². The van der Waals surface area contributed by atoms with Crippen LogP contribution < -0.4 is 4.90 Å². The highest BCUT2D eigenvalue weighted by atomic mass is 32.2. The first-order chi connectivity index (χ1) is 11.6. The third-order valence-electron chi connectivity index (χ3n) is 3.32. The van der Waals surface area contributed by atoms with Crippen LogP contribution in [0.4, 0.5) is 5.69 Å². The highest BCUT2D eigenvalue weighted by Crippen LogP contribution is 2.28. The van der Waals surface area contributed by atoms with Crippen molar-refractivity contribution in [2.24, 2.45) is 0 Å². The summed E-state index contributed by atoms with van der Waals surface area (Å²) in [5.74, 6) is -0.232. The van der Waals surface area contributed by atoms with E-state index in [4.69, 9.17) is 9.47 Å². The minimum Gasteiger partial charge on any atom is -0.465 e. The van der Waals surface area contributed by atoms with Crippen molar-refractivity contribution in [1.29, 1.82) is 0 Å². The topological polar surface area (TPSA) is 55.8 Å². The van der Waals surface area contributed by atoms with Gasteiger partial charge in [-0.05, 0) is 42.2 Å². The summed E-state index contributed by atoms with van der Waals surface area (Å²) in [6.07, 6.45) is 6.67. The van der Waals surface area contributed by atoms with E-state index >= 15 is 0 Å². The molecule has 1 aromatic rings. The molecule has 0 spiro atoms. The van der Waals surface area contributed by atoms with Crippen LogP contribution in [-0.2, 0) is 19.1 Å². The summed E-state index contributed by atoms with van der Waals surface area (Å²) in [4.78, 5) is 27.1. The SMILES string of the molecule is CCSc1ccc(N2C=CC=CC(C(=O)OC)=C2C(=O)OC)cc1. The van der Waals surface area contributed by atoms with Crippen LogP contribution in [0, 0.1) is 0 Å². The van der Waals surface area contributed by atoms with Crippen LogP contribution in [0.25, 0.3) is 0 Å². The second-order valence-electron chi connectivity index (χ2n) is 4.74. The molecule has 1 aliphatic heterocycles. The number of anilines is 1. The van der Waals surface area contributed by atoms with Crippen molar-refractivity contribution in [2.75, 3.05) is 24.9 Å². The van der Waals surface area contributed by atoms with Gasteiger partial charge >= 0.3 is 11.9 Å². The number of ether oxygens (including phenoxy) is 2. The van der Waals surface area contributed by atoms with Crippen LogP contribution in [0.3, 0.4) is 0 Å². The van der Waals surface area contributed by atoms with E-state index in [2.05, 4.69) is 6.92 Å². The van der Waals surface area contributed by atoms with Crippen LogP contribution in [0.15, 0.2) is 64.9 Å². The van der Waals surface area contributed by atoms with Crippen LogP contribution in [0.1, 0.15) is 6.92 Å². The van der Waals surface area contributed by atoms with Crippen molar-refractivity contribution < 1.29 is 19.1 Å². The van der Waals surface area contributed by atoms with Crippen molar-refractivity contribution in [3.8, 4) is 0 Å². The lowest BCUT2D eigenvalue weighted by molar-refractivity contribution is -0.139. The van der Waals surface area contributed by atoms with Gasteiger partial charge in [-0.15, -0.1) is 11.8 Å². The highest BCUT2D eigenvalue weighted by Gasteiger charge is 2.27. The average Bonchev–Trinajstić information content (AvgIpc) is 2.84. The molecule has 6 heteroatoms. The maximum Gasteiger partial charge on any atom is 0.355 e. The molecular formula is C18H19NO4S. The quantitative estimate of drug-likeness (QED) is 0.603. The third-order valence-corrected chi connectivity index (χ3v) is 4.21. The summed E-state index contributed by atoms with van der Waals surface area (Å²) < 4.78 is 9.66. The minimum atomic E-state index is -0.612. The Bertz CT molecular complexity index is 704. The monoisotopic (exact) mass is 345 g/mol. The first kappa shape index (κ1) is 17.9. The van der Waals surface area contributed by atoms with Gasteiger partial charge in [0.05, 0.1) is 19.8 Å². The molecule has 0 unspecified atom stereocenters. The Kier molecular flexibility index (Phi) is 6.26. The highest BCUT2D eigenvalue weighted by molar-refractivity contribution is 7.99. The number of carbonyl (C=O) groups is 2. The summed E-state index contributed by atoms with van der Waals surface area (Å²) in [5, 5.41) is 0. The van der Waals surface area contributed by atoms with E-state index in [1.807, 2.05) is 24.3 Å². The lowest BCUT2D eigenvalue weighted by Crippen LogP contribution is -2.26. The Labute approximate surface area is 145 Å². The zero-order valence-electron chi connectivity index (χ0n) is 13.8. The summed E-state index contributed by atoms with van der Waals surface area (Å²) in [6, 6.07) is 7.74. The number of benzene rings is 1. The Morgan fingerprint density at radius 2 is 1.71 bits per heavy atom. The summed E-state index contributed by atoms with van der Waals surface area (Å²) in [5.41, 5.74) is 1.00. The maximum atomic E-state index is 12.3. The molecule has 1 aliphatic rings. The molecule has 0 bridgehead atoms. The van der Waals surface area contributed by atoms with Crippen molar-refractivity contribution in [1.82, 2.24) is 0 Å². The number of esters is 2. The molecule has 0 amide bonds. The lowest BCUT2D eigenvalue weighted by atomic mass is 10.1. The predicted molar refractivity (Wildman–Crippen MR) is 94.7 cm³/mol. The molecule has 24 heavy (non-hydrogen) atoms. The van der Waals surface area contributed by atoms with Gasteiger partial charge in [0.2, 0.25) is 0 Å². The van der Waals surface area contributed by atoms with Gasteiger partial charge in [-0.3, -0.25) is 0 Å². The van der Waals surface area contributed by atoms with E-state index in [1.165, 1.54) is 20.3 Å². The summed E-state index contributed by atoms with van der Waals surface area (Å²) >= 11 is 1.73. The van der Waals surface area contributed by atoms with Crippen LogP contribution in [0.5, 0.6) is 0 Å². The molecule has 5 nitrogen and oxygen atoms in total. The molecule has 1 aromatic carbocycles. The van der Waals surface area contributed by atoms with Gasteiger partial charge in [-0.2, -0.15) is 0 Å². The first-order valence-electron chi connectivity index (χ1n) is 7.40. The largest absolute Gasteiger partial charge is 0.465 e. The molecule has 0 atom stereocenters. The minimum absolute atomic E-state index is 0.116. The fourth-order valence-electron chi connectivity index (χ4n) is 2.24. The van der Waals surface area contributed by atoms with Crippen molar-refractivity contribution in [2.45, 2.75) is 11.8 Å². The van der Waals surface area contributed by atoms with Crippen LogP contribution >= 0.6 is 11.8 Å². The predicted octanol–water partition coefficient (Wildman–Crippen LogP) is 3.29. The molecule has 0 aromatic heterocycles. The standard InChI is InChI=1S/C18H19NO4S/c1-4-24-14-10-8-13(9-11-14)19-12-6-5-7-15(17(20)22-2)16(19)18(21)23-3/h5-12H,4H2,1-3H3. The fourth-order valence-corrected chi connectivity index (χ4v) is 2.90. The molecule has 126 valence electrons. The molecule has 0 radical (unpaired) electrons. The van der Waals surface area contributed by atoms with Crippen LogP contribution in [-0.4, -0.2) is 31.9 Å². The number of thioether (sulfide) groups is 1. The average molecular weight is 345 g/mol. The van der Waals surface area contributed by atoms with Crippen molar-refractivity contribution in [3.05, 3.63) is 60.0 Å². The number of hydrogen-bond acceptors (Lipinski definition) is 6. The zero-order valence-corrected chi connectivity index (χ0v) is 14.6. The Hall–Kier alpha value is -2.47. The van der Waals surface area contributed by atoms with Gasteiger partial charge in [-0.1, -0.05) is 13.0 Å². The number of carbonyl (C=O) groups excluding carboxylic acids is 2. The molecule has 1 heterocycles. The second kappa shape index (κ2) is 8.40. The first-order valence-corrected chi connectivity index (χ1v) is 8.38. The molecular weight excluding hydrogens is 326 g/mol. The van der Waals surface area contributed by atoms with E-state index in [1.54, 1.807) is 35.0 Å². The number of allylic oxidation sites excluding steroid dienone is 2. The number of methoxy groups -OCH3 is 2. The Balaban J connectivity index is 2.52. The zero-order chi connectivity index (χ0) is 17.5. The smallest absolute Gasteiger partial charge is 0.355 e. The van der Waals surface area contributed by atoms with Gasteiger partial charge in [0, 0.05) is 16.8 Å². The summed E-state index contributed by atoms with van der Waals surface area (Å²) in [7, 11) is 2.55. The van der Waals surface area contributed by atoms with Crippen molar-refractivity contribution >= 4 is 29.4 Å². The molecule has 0 N–H and O–H groups in total. The third kappa shape index (κ3) is 3.89. The van der Waals surface area contributed by atoms with E-state index in [0.29, 0.717) is 0 Å². The number of hydrogen-bond donors (Lipinski definition) is 0. The van der Waals surface area contributed by atoms with E-state index in [0.717, 1.165) is 16.3 Å². The summed E-state index contributed by atoms with van der Waals surface area (Å²) in [6.45, 7) is 2.09. The molecule has 0 aliphatic carbocycles. The number of rotatable bonds is 5. The van der Waals surface area contributed by atoms with E-state index < -0.39 is 11.9 Å². The van der Waals surface area contributed by atoms with Gasteiger partial charge in [-0.25, -0.2) is 9.59 Å². The van der Waals surface area contributed by atoms with Crippen molar-refractivity contribution in [3.63, 3.8) is 0 Å².